The molecule has 6 heteroatoms. The van der Waals surface area contributed by atoms with Crippen LogP contribution in [0.2, 0.25) is 0 Å². The maximum atomic E-state index is 12.8. The van der Waals surface area contributed by atoms with Crippen LogP contribution in [0.3, 0.4) is 0 Å². The molecule has 0 bridgehead atoms. The Hall–Kier alpha value is -0.590. The van der Waals surface area contributed by atoms with Crippen molar-refractivity contribution in [3.8, 4) is 0 Å². The minimum Gasteiger partial charge on any atom is -0.391 e. The van der Waals surface area contributed by atoms with Crippen LogP contribution in [0.5, 0.6) is 0 Å². The lowest BCUT2D eigenvalue weighted by molar-refractivity contribution is -0.137. The molecule has 1 aromatic rings. The lowest BCUT2D eigenvalue weighted by Gasteiger charge is -2.31. The monoisotopic (exact) mass is 365 g/mol. The molecule has 3 N–H and O–H groups in total. The zero-order chi connectivity index (χ0) is 15.6. The highest BCUT2D eigenvalue weighted by Gasteiger charge is 2.33. The molecule has 118 valence electrons. The highest BCUT2D eigenvalue weighted by atomic mass is 79.9. The normalized spacial score (nSPS) is 20.3. The smallest absolute Gasteiger partial charge is 0.391 e. The Kier molecular flexibility index (Phi) is 5.33. The van der Waals surface area contributed by atoms with Crippen molar-refractivity contribution in [2.45, 2.75) is 50.4 Å². The highest BCUT2D eigenvalue weighted by Crippen LogP contribution is 2.36. The molecule has 1 aliphatic rings. The van der Waals surface area contributed by atoms with E-state index in [9.17, 15) is 18.3 Å². The largest absolute Gasteiger partial charge is 0.416 e. The van der Waals surface area contributed by atoms with Crippen LogP contribution in [0.4, 0.5) is 13.2 Å². The van der Waals surface area contributed by atoms with Gasteiger partial charge in [-0.1, -0.05) is 35.2 Å². The van der Waals surface area contributed by atoms with Gasteiger partial charge in [0.2, 0.25) is 0 Å². The molecule has 0 heterocycles. The van der Waals surface area contributed by atoms with Gasteiger partial charge >= 0.3 is 6.18 Å². The first-order valence-corrected chi connectivity index (χ1v) is 7.89. The maximum Gasteiger partial charge on any atom is 0.416 e. The number of aliphatic hydroxyl groups excluding tert-OH is 1. The molecule has 0 aliphatic heterocycles. The first-order chi connectivity index (χ1) is 9.79. The lowest BCUT2D eigenvalue weighted by Crippen LogP contribution is -2.34. The fourth-order valence-corrected chi connectivity index (χ4v) is 3.45. The van der Waals surface area contributed by atoms with Gasteiger partial charge in [-0.05, 0) is 42.5 Å². The van der Waals surface area contributed by atoms with Crippen molar-refractivity contribution in [2.24, 2.45) is 11.7 Å². The number of nitrogens with two attached hydrogens (primary N) is 1. The Morgan fingerprint density at radius 2 is 1.76 bits per heavy atom. The summed E-state index contributed by atoms with van der Waals surface area (Å²) in [6.07, 6.45) is -0.228. The van der Waals surface area contributed by atoms with E-state index in [1.165, 1.54) is 0 Å². The summed E-state index contributed by atoms with van der Waals surface area (Å²) in [4.78, 5) is 0. The second kappa shape index (κ2) is 6.67. The topological polar surface area (TPSA) is 46.2 Å². The van der Waals surface area contributed by atoms with Gasteiger partial charge in [-0.3, -0.25) is 0 Å². The van der Waals surface area contributed by atoms with Gasteiger partial charge in [0.15, 0.2) is 0 Å². The Balaban J connectivity index is 2.21. The van der Waals surface area contributed by atoms with Crippen molar-refractivity contribution in [3.05, 3.63) is 33.8 Å². The van der Waals surface area contributed by atoms with Crippen molar-refractivity contribution in [2.75, 3.05) is 0 Å². The van der Waals surface area contributed by atoms with E-state index in [1.807, 2.05) is 0 Å². The van der Waals surface area contributed by atoms with Gasteiger partial charge in [-0.2, -0.15) is 13.2 Å². The van der Waals surface area contributed by atoms with Crippen molar-refractivity contribution >= 4 is 15.9 Å². The van der Waals surface area contributed by atoms with Crippen LogP contribution in [0.15, 0.2) is 22.7 Å². The average Bonchev–Trinajstić information content (AvgIpc) is 2.45. The number of halogens is 4. The molecular weight excluding hydrogens is 347 g/mol. The van der Waals surface area contributed by atoms with Crippen LogP contribution < -0.4 is 5.73 Å². The molecular formula is C15H19BrF3NO. The summed E-state index contributed by atoms with van der Waals surface area (Å²) in [7, 11) is 0. The highest BCUT2D eigenvalue weighted by molar-refractivity contribution is 9.10. The van der Waals surface area contributed by atoms with Gasteiger partial charge in [0.05, 0.1) is 17.7 Å². The summed E-state index contributed by atoms with van der Waals surface area (Å²) in [5, 5.41) is 10.4. The van der Waals surface area contributed by atoms with E-state index in [0.29, 0.717) is 10.0 Å². The molecule has 21 heavy (non-hydrogen) atoms. The van der Waals surface area contributed by atoms with Gasteiger partial charge in [-0.15, -0.1) is 0 Å². The predicted octanol–water partition coefficient (Wildman–Crippen LogP) is 4.41. The molecule has 0 radical (unpaired) electrons. The summed E-state index contributed by atoms with van der Waals surface area (Å²) in [5.41, 5.74) is 5.58. The number of aliphatic hydroxyl groups is 1. The van der Waals surface area contributed by atoms with E-state index in [0.717, 1.165) is 44.2 Å². The molecule has 0 amide bonds. The minimum absolute atomic E-state index is 0.0714. The van der Waals surface area contributed by atoms with Crippen LogP contribution >= 0.6 is 15.9 Å². The molecule has 1 fully saturated rings. The number of rotatable bonds is 3. The first-order valence-electron chi connectivity index (χ1n) is 7.10. The quantitative estimate of drug-likeness (QED) is 0.833. The van der Waals surface area contributed by atoms with E-state index < -0.39 is 23.9 Å². The molecule has 2 nitrogen and oxygen atoms in total. The fourth-order valence-electron chi connectivity index (χ4n) is 2.93. The van der Waals surface area contributed by atoms with Crippen molar-refractivity contribution in [1.82, 2.24) is 0 Å². The summed E-state index contributed by atoms with van der Waals surface area (Å²) < 4.78 is 38.8. The van der Waals surface area contributed by atoms with Crippen molar-refractivity contribution in [3.63, 3.8) is 0 Å². The van der Waals surface area contributed by atoms with E-state index >= 15 is 0 Å². The van der Waals surface area contributed by atoms with E-state index in [2.05, 4.69) is 15.9 Å². The maximum absolute atomic E-state index is 12.8. The second-order valence-corrected chi connectivity index (χ2v) is 6.60. The minimum atomic E-state index is -4.42. The van der Waals surface area contributed by atoms with Crippen LogP contribution in [-0.2, 0) is 6.18 Å². The molecule has 1 saturated carbocycles. The van der Waals surface area contributed by atoms with Gasteiger partial charge in [0, 0.05) is 4.47 Å². The molecule has 1 aliphatic carbocycles. The fraction of sp³-hybridized carbons (Fsp3) is 0.600. The zero-order valence-corrected chi connectivity index (χ0v) is 13.1. The number of benzene rings is 1. The van der Waals surface area contributed by atoms with Gasteiger partial charge < -0.3 is 10.8 Å². The number of hydrogen-bond donors (Lipinski definition) is 2. The molecule has 1 aromatic carbocycles. The molecule has 0 spiro atoms. The Labute approximate surface area is 130 Å². The number of hydrogen-bond acceptors (Lipinski definition) is 2. The van der Waals surface area contributed by atoms with E-state index in [4.69, 9.17) is 5.73 Å². The third-order valence-electron chi connectivity index (χ3n) is 4.13. The molecule has 0 saturated heterocycles. The van der Waals surface area contributed by atoms with E-state index in [1.54, 1.807) is 6.07 Å². The van der Waals surface area contributed by atoms with Gasteiger partial charge in [-0.25, -0.2) is 0 Å². The number of alkyl halides is 3. The Bertz CT molecular complexity index is 486. The average molecular weight is 366 g/mol. The van der Waals surface area contributed by atoms with Crippen LogP contribution in [-0.4, -0.2) is 11.2 Å². The summed E-state index contributed by atoms with van der Waals surface area (Å²) in [5.74, 6) is 0.0714. The van der Waals surface area contributed by atoms with Gasteiger partial charge in [0.25, 0.3) is 0 Å². The molecule has 2 rings (SSSR count). The molecule has 0 aromatic heterocycles. The summed E-state index contributed by atoms with van der Waals surface area (Å²) >= 11 is 3.08. The van der Waals surface area contributed by atoms with Crippen LogP contribution in [0.1, 0.15) is 49.3 Å². The summed E-state index contributed by atoms with van der Waals surface area (Å²) in [6.45, 7) is 0. The zero-order valence-electron chi connectivity index (χ0n) is 11.5. The third-order valence-corrected chi connectivity index (χ3v) is 4.59. The predicted molar refractivity (Wildman–Crippen MR) is 78.7 cm³/mol. The van der Waals surface area contributed by atoms with Crippen molar-refractivity contribution < 1.29 is 18.3 Å². The molecule has 0 unspecified atom stereocenters. The Morgan fingerprint density at radius 3 is 2.33 bits per heavy atom. The lowest BCUT2D eigenvalue weighted by atomic mass is 9.81. The first kappa shape index (κ1) is 16.8. The third kappa shape index (κ3) is 4.20. The van der Waals surface area contributed by atoms with Crippen molar-refractivity contribution in [1.29, 1.82) is 0 Å². The second-order valence-electron chi connectivity index (χ2n) is 5.69. The standard InChI is InChI=1S/C15H19BrF3NO/c16-12-7-10(6-11(8-12)15(17,18)19)13(20)14(21)9-4-2-1-3-5-9/h6-9,13-14,21H,1-5,20H2/t13-,14+/m1/s1. The van der Waals surface area contributed by atoms with Gasteiger partial charge in [0.1, 0.15) is 0 Å². The Morgan fingerprint density at radius 1 is 1.14 bits per heavy atom. The summed E-state index contributed by atoms with van der Waals surface area (Å²) in [6, 6.07) is 2.79. The molecule has 2 atom stereocenters. The van der Waals surface area contributed by atoms with E-state index in [-0.39, 0.29) is 5.92 Å². The van der Waals surface area contributed by atoms with Crippen LogP contribution in [0, 0.1) is 5.92 Å². The SMILES string of the molecule is N[C@H](c1cc(Br)cc(C(F)(F)F)c1)[C@@H](O)C1CCCCC1. The van der Waals surface area contributed by atoms with Crippen LogP contribution in [0.25, 0.3) is 0 Å².